The zero-order chi connectivity index (χ0) is 8.97. The monoisotopic (exact) mass is 225 g/mol. The average molecular weight is 226 g/mol. The molecule has 1 aromatic carbocycles. The molecule has 1 aromatic rings. The van der Waals surface area contributed by atoms with Gasteiger partial charge in [0.15, 0.2) is 0 Å². The van der Waals surface area contributed by atoms with Crippen LogP contribution in [0.15, 0.2) is 41.4 Å². The molecule has 0 heterocycles. The Morgan fingerprint density at radius 1 is 1.58 bits per heavy atom. The topological polar surface area (TPSA) is 26.0 Å². The van der Waals surface area contributed by atoms with E-state index in [4.69, 9.17) is 5.73 Å². The van der Waals surface area contributed by atoms with E-state index < -0.39 is 0 Å². The predicted octanol–water partition coefficient (Wildman–Crippen LogP) is 3.03. The molecule has 1 nitrogen and oxygen atoms in total. The van der Waals surface area contributed by atoms with E-state index in [0.717, 1.165) is 16.5 Å². The van der Waals surface area contributed by atoms with Crippen LogP contribution in [0.1, 0.15) is 18.0 Å². The van der Waals surface area contributed by atoms with Crippen molar-refractivity contribution in [2.45, 2.75) is 12.5 Å². The lowest BCUT2D eigenvalue weighted by molar-refractivity contribution is 0.741. The SMILES string of the molecule is C=CC[C@@H](N)c1cccc(Br)c1. The van der Waals surface area contributed by atoms with E-state index in [0.29, 0.717) is 0 Å². The summed E-state index contributed by atoms with van der Waals surface area (Å²) in [5.41, 5.74) is 7.03. The number of hydrogen-bond acceptors (Lipinski definition) is 1. The van der Waals surface area contributed by atoms with E-state index in [1.165, 1.54) is 0 Å². The number of halogens is 1. The fraction of sp³-hybridized carbons (Fsp3) is 0.200. The molecule has 0 radical (unpaired) electrons. The number of hydrogen-bond donors (Lipinski definition) is 1. The van der Waals surface area contributed by atoms with Crippen molar-refractivity contribution in [2.24, 2.45) is 5.73 Å². The minimum Gasteiger partial charge on any atom is -0.324 e. The fourth-order valence-corrected chi connectivity index (χ4v) is 1.47. The molecule has 0 spiro atoms. The molecule has 0 aliphatic carbocycles. The largest absolute Gasteiger partial charge is 0.324 e. The van der Waals surface area contributed by atoms with Gasteiger partial charge in [-0.05, 0) is 24.1 Å². The van der Waals surface area contributed by atoms with Crippen molar-refractivity contribution in [3.8, 4) is 0 Å². The molecule has 0 unspecified atom stereocenters. The second kappa shape index (κ2) is 4.43. The van der Waals surface area contributed by atoms with Crippen molar-refractivity contribution in [1.29, 1.82) is 0 Å². The second-order valence-electron chi connectivity index (χ2n) is 2.69. The summed E-state index contributed by atoms with van der Waals surface area (Å²) in [6.07, 6.45) is 2.65. The standard InChI is InChI=1S/C10H12BrN/c1-2-4-10(12)8-5-3-6-9(11)7-8/h2-3,5-7,10H,1,4,12H2/t10-/m1/s1. The molecule has 0 saturated carbocycles. The van der Waals surface area contributed by atoms with Crippen LogP contribution in [0.25, 0.3) is 0 Å². The Labute approximate surface area is 81.4 Å². The van der Waals surface area contributed by atoms with E-state index in [1.54, 1.807) is 0 Å². The van der Waals surface area contributed by atoms with Crippen LogP contribution in [0.2, 0.25) is 0 Å². The molecule has 0 saturated heterocycles. The van der Waals surface area contributed by atoms with E-state index in [1.807, 2.05) is 30.3 Å². The van der Waals surface area contributed by atoms with Gasteiger partial charge in [-0.3, -0.25) is 0 Å². The maximum atomic E-state index is 5.88. The normalized spacial score (nSPS) is 12.5. The molecule has 0 aromatic heterocycles. The highest BCUT2D eigenvalue weighted by molar-refractivity contribution is 9.10. The van der Waals surface area contributed by atoms with E-state index in [2.05, 4.69) is 22.5 Å². The highest BCUT2D eigenvalue weighted by Gasteiger charge is 2.02. The lowest BCUT2D eigenvalue weighted by Gasteiger charge is -2.08. The maximum Gasteiger partial charge on any atom is 0.0330 e. The van der Waals surface area contributed by atoms with Crippen LogP contribution in [0.4, 0.5) is 0 Å². The van der Waals surface area contributed by atoms with Gasteiger partial charge in [0.1, 0.15) is 0 Å². The third-order valence-electron chi connectivity index (χ3n) is 1.70. The first-order valence-corrected chi connectivity index (χ1v) is 4.65. The lowest BCUT2D eigenvalue weighted by Crippen LogP contribution is -2.08. The van der Waals surface area contributed by atoms with Crippen LogP contribution in [0.5, 0.6) is 0 Å². The van der Waals surface area contributed by atoms with E-state index >= 15 is 0 Å². The van der Waals surface area contributed by atoms with Gasteiger partial charge in [0.05, 0.1) is 0 Å². The molecule has 0 amide bonds. The van der Waals surface area contributed by atoms with Crippen LogP contribution in [-0.4, -0.2) is 0 Å². The summed E-state index contributed by atoms with van der Waals surface area (Å²) in [6, 6.07) is 8.11. The molecular formula is C10H12BrN. The van der Waals surface area contributed by atoms with Gasteiger partial charge in [0.2, 0.25) is 0 Å². The van der Waals surface area contributed by atoms with Crippen LogP contribution < -0.4 is 5.73 Å². The minimum absolute atomic E-state index is 0.0694. The molecule has 0 aliphatic rings. The quantitative estimate of drug-likeness (QED) is 0.787. The first-order valence-electron chi connectivity index (χ1n) is 3.86. The Morgan fingerprint density at radius 3 is 2.92 bits per heavy atom. The van der Waals surface area contributed by atoms with Gasteiger partial charge in [0, 0.05) is 10.5 Å². The summed E-state index contributed by atoms with van der Waals surface area (Å²) >= 11 is 3.40. The van der Waals surface area contributed by atoms with Gasteiger partial charge in [-0.1, -0.05) is 34.1 Å². The molecule has 2 N–H and O–H groups in total. The molecule has 64 valence electrons. The molecular weight excluding hydrogens is 214 g/mol. The zero-order valence-electron chi connectivity index (χ0n) is 6.83. The highest BCUT2D eigenvalue weighted by atomic mass is 79.9. The zero-order valence-corrected chi connectivity index (χ0v) is 8.42. The van der Waals surface area contributed by atoms with Crippen molar-refractivity contribution in [3.63, 3.8) is 0 Å². The van der Waals surface area contributed by atoms with Gasteiger partial charge < -0.3 is 5.73 Å². The Morgan fingerprint density at radius 2 is 2.33 bits per heavy atom. The smallest absolute Gasteiger partial charge is 0.0330 e. The second-order valence-corrected chi connectivity index (χ2v) is 3.60. The first-order chi connectivity index (χ1) is 5.74. The van der Waals surface area contributed by atoms with Crippen molar-refractivity contribution >= 4 is 15.9 Å². The number of benzene rings is 1. The molecule has 0 bridgehead atoms. The summed E-state index contributed by atoms with van der Waals surface area (Å²) in [6.45, 7) is 3.66. The van der Waals surface area contributed by atoms with Crippen LogP contribution in [0, 0.1) is 0 Å². The number of rotatable bonds is 3. The Kier molecular flexibility index (Phi) is 3.50. The Bertz CT molecular complexity index is 270. The lowest BCUT2D eigenvalue weighted by atomic mass is 10.1. The summed E-state index contributed by atoms with van der Waals surface area (Å²) in [4.78, 5) is 0. The Hall–Kier alpha value is -0.600. The summed E-state index contributed by atoms with van der Waals surface area (Å²) in [5.74, 6) is 0. The van der Waals surface area contributed by atoms with E-state index in [-0.39, 0.29) is 6.04 Å². The van der Waals surface area contributed by atoms with Gasteiger partial charge >= 0.3 is 0 Å². The van der Waals surface area contributed by atoms with Gasteiger partial charge in [-0.15, -0.1) is 6.58 Å². The molecule has 0 aliphatic heterocycles. The van der Waals surface area contributed by atoms with Crippen molar-refractivity contribution in [2.75, 3.05) is 0 Å². The first kappa shape index (κ1) is 9.49. The van der Waals surface area contributed by atoms with Crippen molar-refractivity contribution in [1.82, 2.24) is 0 Å². The minimum atomic E-state index is 0.0694. The van der Waals surface area contributed by atoms with E-state index in [9.17, 15) is 0 Å². The number of nitrogens with two attached hydrogens (primary N) is 1. The summed E-state index contributed by atoms with van der Waals surface area (Å²) in [5, 5.41) is 0. The third-order valence-corrected chi connectivity index (χ3v) is 2.19. The van der Waals surface area contributed by atoms with Crippen LogP contribution >= 0.6 is 15.9 Å². The van der Waals surface area contributed by atoms with Crippen molar-refractivity contribution < 1.29 is 0 Å². The molecule has 12 heavy (non-hydrogen) atoms. The molecule has 0 fully saturated rings. The molecule has 1 rings (SSSR count). The molecule has 2 heteroatoms. The van der Waals surface area contributed by atoms with Crippen molar-refractivity contribution in [3.05, 3.63) is 47.0 Å². The molecule has 1 atom stereocenters. The third kappa shape index (κ3) is 2.47. The van der Waals surface area contributed by atoms with Gasteiger partial charge in [0.25, 0.3) is 0 Å². The summed E-state index contributed by atoms with van der Waals surface area (Å²) in [7, 11) is 0. The van der Waals surface area contributed by atoms with Gasteiger partial charge in [-0.25, -0.2) is 0 Å². The Balaban J connectivity index is 2.80. The maximum absolute atomic E-state index is 5.88. The fourth-order valence-electron chi connectivity index (χ4n) is 1.05. The van der Waals surface area contributed by atoms with Crippen LogP contribution in [0.3, 0.4) is 0 Å². The highest BCUT2D eigenvalue weighted by Crippen LogP contribution is 2.18. The van der Waals surface area contributed by atoms with Crippen LogP contribution in [-0.2, 0) is 0 Å². The predicted molar refractivity (Wildman–Crippen MR) is 55.9 cm³/mol. The summed E-state index contributed by atoms with van der Waals surface area (Å²) < 4.78 is 1.07. The van der Waals surface area contributed by atoms with Gasteiger partial charge in [-0.2, -0.15) is 0 Å². The average Bonchev–Trinajstić information content (AvgIpc) is 2.05.